The SMILES string of the molecule is Cc1nc(Cn2cc(-c3cc(C(=O)N4CCN(C)CC4)c4ccccn34)nc2C)cs1.O=C(O)C(F)(F)F. The number of carbonyl (C=O) groups is 2. The Morgan fingerprint density at radius 3 is 2.39 bits per heavy atom. The van der Waals surface area contributed by atoms with Gasteiger partial charge in [0.25, 0.3) is 5.91 Å². The maximum Gasteiger partial charge on any atom is 0.490 e. The molecule has 0 aromatic carbocycles. The number of fused-ring (bicyclic) bond motifs is 1. The van der Waals surface area contributed by atoms with E-state index in [2.05, 4.69) is 37.5 Å². The van der Waals surface area contributed by atoms with Crippen LogP contribution in [0.15, 0.2) is 42.0 Å². The fourth-order valence-corrected chi connectivity index (χ4v) is 4.75. The molecule has 0 aliphatic carbocycles. The average molecular weight is 549 g/mol. The molecule has 1 fully saturated rings. The Kier molecular flexibility index (Phi) is 7.88. The van der Waals surface area contributed by atoms with Crippen molar-refractivity contribution < 1.29 is 27.9 Å². The molecule has 13 heteroatoms. The van der Waals surface area contributed by atoms with E-state index < -0.39 is 12.1 Å². The number of amides is 1. The van der Waals surface area contributed by atoms with Crippen LogP contribution in [0.25, 0.3) is 16.9 Å². The Bertz CT molecular complexity index is 1450. The van der Waals surface area contributed by atoms with Crippen molar-refractivity contribution in [2.75, 3.05) is 33.2 Å². The quantitative estimate of drug-likeness (QED) is 0.415. The number of hydrogen-bond donors (Lipinski definition) is 1. The fourth-order valence-electron chi connectivity index (χ4n) is 4.15. The summed E-state index contributed by atoms with van der Waals surface area (Å²) in [6.45, 7) is 8.06. The van der Waals surface area contributed by atoms with Gasteiger partial charge in [-0.2, -0.15) is 13.2 Å². The van der Waals surface area contributed by atoms with Crippen LogP contribution in [-0.2, 0) is 11.3 Å². The molecule has 9 nitrogen and oxygen atoms in total. The molecule has 1 N–H and O–H groups in total. The predicted octanol–water partition coefficient (Wildman–Crippen LogP) is 3.95. The summed E-state index contributed by atoms with van der Waals surface area (Å²) in [6, 6.07) is 7.97. The second kappa shape index (κ2) is 11.0. The molecule has 0 unspecified atom stereocenters. The number of rotatable bonds is 4. The summed E-state index contributed by atoms with van der Waals surface area (Å²) < 4.78 is 35.9. The van der Waals surface area contributed by atoms with Gasteiger partial charge in [-0.1, -0.05) is 6.07 Å². The number of hydrogen-bond acceptors (Lipinski definition) is 6. The molecule has 0 spiro atoms. The Hall–Kier alpha value is -3.71. The van der Waals surface area contributed by atoms with Crippen LogP contribution in [0.1, 0.15) is 26.9 Å². The van der Waals surface area contributed by atoms with Gasteiger partial charge in [-0.15, -0.1) is 11.3 Å². The summed E-state index contributed by atoms with van der Waals surface area (Å²) in [4.78, 5) is 35.8. The van der Waals surface area contributed by atoms with Gasteiger partial charge >= 0.3 is 12.1 Å². The minimum absolute atomic E-state index is 0.0946. The minimum atomic E-state index is -5.08. The van der Waals surface area contributed by atoms with Gasteiger partial charge in [-0.3, -0.25) is 4.79 Å². The first-order chi connectivity index (χ1) is 17.9. The van der Waals surface area contributed by atoms with E-state index >= 15 is 0 Å². The Balaban J connectivity index is 0.000000426. The standard InChI is InChI=1S/C23H26N6OS.C2HF3O2/c1-16-24-20(14-28(16)13-18-15-31-17(2)25-18)22-12-19(21-6-4-5-7-29(21)22)23(30)27-10-8-26(3)9-11-27;3-2(4,5)1(6)7/h4-7,12,14-15H,8-11,13H2,1-3H3;(H,6,7). The summed E-state index contributed by atoms with van der Waals surface area (Å²) >= 11 is 1.66. The van der Waals surface area contributed by atoms with E-state index in [0.29, 0.717) is 6.54 Å². The number of pyridine rings is 1. The zero-order valence-corrected chi connectivity index (χ0v) is 21.9. The normalized spacial score (nSPS) is 14.4. The zero-order chi connectivity index (χ0) is 27.6. The lowest BCUT2D eigenvalue weighted by molar-refractivity contribution is -0.192. The number of aromatic nitrogens is 4. The van der Waals surface area contributed by atoms with Crippen LogP contribution in [0, 0.1) is 13.8 Å². The highest BCUT2D eigenvalue weighted by Crippen LogP contribution is 2.27. The van der Waals surface area contributed by atoms with Crippen LogP contribution in [0.2, 0.25) is 0 Å². The highest BCUT2D eigenvalue weighted by molar-refractivity contribution is 7.09. The van der Waals surface area contributed by atoms with E-state index in [1.807, 2.05) is 49.2 Å². The van der Waals surface area contributed by atoms with Crippen molar-refractivity contribution in [2.45, 2.75) is 26.6 Å². The van der Waals surface area contributed by atoms with Crippen molar-refractivity contribution >= 4 is 28.7 Å². The Morgan fingerprint density at radius 2 is 1.79 bits per heavy atom. The van der Waals surface area contributed by atoms with Crippen molar-refractivity contribution in [3.63, 3.8) is 0 Å². The van der Waals surface area contributed by atoms with Gasteiger partial charge in [0.1, 0.15) is 11.5 Å². The van der Waals surface area contributed by atoms with Crippen LogP contribution in [-0.4, -0.2) is 85.1 Å². The van der Waals surface area contributed by atoms with Crippen molar-refractivity contribution in [1.29, 1.82) is 0 Å². The first-order valence-corrected chi connectivity index (χ1v) is 12.6. The van der Waals surface area contributed by atoms with E-state index in [-0.39, 0.29) is 5.91 Å². The van der Waals surface area contributed by atoms with Crippen molar-refractivity contribution in [1.82, 2.24) is 28.7 Å². The molecule has 1 amide bonds. The Labute approximate surface area is 220 Å². The largest absolute Gasteiger partial charge is 0.490 e. The van der Waals surface area contributed by atoms with Gasteiger partial charge in [0.2, 0.25) is 0 Å². The molecule has 5 rings (SSSR count). The lowest BCUT2D eigenvalue weighted by Gasteiger charge is -2.32. The van der Waals surface area contributed by atoms with Crippen molar-refractivity contribution in [3.8, 4) is 11.4 Å². The van der Waals surface area contributed by atoms with E-state index in [4.69, 9.17) is 14.9 Å². The van der Waals surface area contributed by atoms with Gasteiger partial charge in [0, 0.05) is 44.0 Å². The lowest BCUT2D eigenvalue weighted by Crippen LogP contribution is -2.47. The van der Waals surface area contributed by atoms with Crippen LogP contribution in [0.3, 0.4) is 0 Å². The molecule has 1 saturated heterocycles. The lowest BCUT2D eigenvalue weighted by atomic mass is 10.2. The number of imidazole rings is 1. The molecular weight excluding hydrogens is 521 g/mol. The molecular formula is C25H27F3N6O3S. The maximum absolute atomic E-state index is 13.3. The van der Waals surface area contributed by atoms with Gasteiger partial charge < -0.3 is 23.9 Å². The highest BCUT2D eigenvalue weighted by Gasteiger charge is 2.38. The number of likely N-dealkylation sites (N-methyl/N-ethyl adjacent to an activating group) is 1. The zero-order valence-electron chi connectivity index (χ0n) is 21.1. The van der Waals surface area contributed by atoms with Gasteiger partial charge in [0.15, 0.2) is 0 Å². The number of alkyl halides is 3. The van der Waals surface area contributed by atoms with E-state index in [0.717, 1.165) is 65.2 Å². The summed E-state index contributed by atoms with van der Waals surface area (Å²) in [7, 11) is 2.10. The molecule has 1 aliphatic rings. The van der Waals surface area contributed by atoms with Crippen LogP contribution in [0.5, 0.6) is 0 Å². The molecule has 202 valence electrons. The molecule has 38 heavy (non-hydrogen) atoms. The number of aliphatic carboxylic acids is 1. The number of thiazole rings is 1. The first kappa shape index (κ1) is 27.3. The third-order valence-corrected chi connectivity index (χ3v) is 7.00. The number of carbonyl (C=O) groups excluding carboxylic acids is 1. The summed E-state index contributed by atoms with van der Waals surface area (Å²) in [6.07, 6.45) is -1.02. The molecule has 0 radical (unpaired) electrons. The predicted molar refractivity (Wildman–Crippen MR) is 136 cm³/mol. The van der Waals surface area contributed by atoms with Crippen LogP contribution in [0.4, 0.5) is 13.2 Å². The number of carboxylic acid groups (broad SMARTS) is 1. The molecule has 0 atom stereocenters. The van der Waals surface area contributed by atoms with Crippen LogP contribution >= 0.6 is 11.3 Å². The van der Waals surface area contributed by atoms with Crippen LogP contribution < -0.4 is 0 Å². The fraction of sp³-hybridized carbons (Fsp3) is 0.360. The van der Waals surface area contributed by atoms with E-state index in [9.17, 15) is 18.0 Å². The van der Waals surface area contributed by atoms with Gasteiger partial charge in [-0.25, -0.2) is 14.8 Å². The summed E-state index contributed by atoms with van der Waals surface area (Å²) in [5, 5.41) is 10.3. The second-order valence-electron chi connectivity index (χ2n) is 8.96. The summed E-state index contributed by atoms with van der Waals surface area (Å²) in [5.41, 5.74) is 4.50. The smallest absolute Gasteiger partial charge is 0.475 e. The van der Waals surface area contributed by atoms with Crippen molar-refractivity contribution in [3.05, 3.63) is 64.1 Å². The number of halogens is 3. The number of piperazine rings is 1. The van der Waals surface area contributed by atoms with Gasteiger partial charge in [-0.05, 0) is 39.1 Å². The molecule has 5 heterocycles. The molecule has 1 aliphatic heterocycles. The minimum Gasteiger partial charge on any atom is -0.475 e. The van der Waals surface area contributed by atoms with E-state index in [1.165, 1.54) is 0 Å². The Morgan fingerprint density at radius 1 is 1.11 bits per heavy atom. The molecule has 4 aromatic rings. The first-order valence-electron chi connectivity index (χ1n) is 11.8. The molecule has 0 saturated carbocycles. The van der Waals surface area contributed by atoms with E-state index in [1.54, 1.807) is 11.3 Å². The second-order valence-corrected chi connectivity index (χ2v) is 10.0. The summed E-state index contributed by atoms with van der Waals surface area (Å²) in [5.74, 6) is -1.73. The number of carboxylic acids is 1. The van der Waals surface area contributed by atoms with Gasteiger partial charge in [0.05, 0.1) is 34.0 Å². The molecule has 4 aromatic heterocycles. The third-order valence-electron chi connectivity index (χ3n) is 6.18. The number of aryl methyl sites for hydroxylation is 2. The highest BCUT2D eigenvalue weighted by atomic mass is 32.1. The third kappa shape index (κ3) is 6.05. The topological polar surface area (TPSA) is 96.0 Å². The maximum atomic E-state index is 13.3. The van der Waals surface area contributed by atoms with Crippen molar-refractivity contribution in [2.24, 2.45) is 0 Å². The monoisotopic (exact) mass is 548 g/mol. The average Bonchev–Trinajstić information content (AvgIpc) is 3.56. The number of nitrogens with zero attached hydrogens (tertiary/aromatic N) is 6. The molecule has 0 bridgehead atoms.